The average molecular weight is 309 g/mol. The van der Waals surface area contributed by atoms with Crippen LogP contribution in [-0.4, -0.2) is 35.1 Å². The molecule has 4 rings (SSSR count). The monoisotopic (exact) mass is 309 g/mol. The van der Waals surface area contributed by atoms with Gasteiger partial charge < -0.3 is 16.0 Å². The number of aromatic nitrogens is 2. The Balaban J connectivity index is 1.28. The van der Waals surface area contributed by atoms with E-state index < -0.39 is 0 Å². The van der Waals surface area contributed by atoms with Crippen LogP contribution in [0.15, 0.2) is 42.6 Å². The van der Waals surface area contributed by atoms with Gasteiger partial charge in [-0.2, -0.15) is 4.98 Å². The lowest BCUT2D eigenvalue weighted by atomic mass is 10.0. The maximum absolute atomic E-state index is 5.75. The molecule has 0 spiro atoms. The number of piperidine rings is 1. The van der Waals surface area contributed by atoms with E-state index in [0.717, 1.165) is 31.9 Å². The average Bonchev–Trinajstić information content (AvgIpc) is 3.36. The van der Waals surface area contributed by atoms with E-state index in [4.69, 9.17) is 5.73 Å². The largest absolute Gasteiger partial charge is 0.384 e. The highest BCUT2D eigenvalue weighted by Crippen LogP contribution is 2.41. The number of nitrogens with two attached hydrogens (primary N) is 1. The Morgan fingerprint density at radius 2 is 1.87 bits per heavy atom. The Labute approximate surface area is 136 Å². The molecular weight excluding hydrogens is 286 g/mol. The van der Waals surface area contributed by atoms with Crippen LogP contribution < -0.4 is 16.0 Å². The molecule has 1 unspecified atom stereocenters. The van der Waals surface area contributed by atoms with E-state index in [1.54, 1.807) is 12.3 Å². The van der Waals surface area contributed by atoms with Crippen LogP contribution >= 0.6 is 0 Å². The zero-order valence-corrected chi connectivity index (χ0v) is 13.2. The third kappa shape index (κ3) is 3.29. The van der Waals surface area contributed by atoms with Gasteiger partial charge in [0.1, 0.15) is 5.82 Å². The molecule has 1 saturated carbocycles. The predicted molar refractivity (Wildman–Crippen MR) is 92.4 cm³/mol. The summed E-state index contributed by atoms with van der Waals surface area (Å²) in [6.07, 6.45) is 5.27. The summed E-state index contributed by atoms with van der Waals surface area (Å²) >= 11 is 0. The van der Waals surface area contributed by atoms with Crippen LogP contribution in [0.1, 0.15) is 30.7 Å². The van der Waals surface area contributed by atoms with Gasteiger partial charge in [-0.3, -0.25) is 0 Å². The van der Waals surface area contributed by atoms with Crippen molar-refractivity contribution >= 4 is 11.8 Å². The fourth-order valence-electron chi connectivity index (χ4n) is 3.51. The number of nitrogens with one attached hydrogen (secondary N) is 1. The SMILES string of the molecule is Nc1ccnc(N2CCC(N[C@@H]3CC3c3ccccc3)CC2)n1. The van der Waals surface area contributed by atoms with Crippen LogP contribution in [0.5, 0.6) is 0 Å². The van der Waals surface area contributed by atoms with Gasteiger partial charge in [0.2, 0.25) is 5.95 Å². The molecule has 1 saturated heterocycles. The van der Waals surface area contributed by atoms with Gasteiger partial charge in [-0.1, -0.05) is 30.3 Å². The van der Waals surface area contributed by atoms with Crippen molar-refractivity contribution in [1.29, 1.82) is 0 Å². The van der Waals surface area contributed by atoms with Crippen molar-refractivity contribution in [2.45, 2.75) is 37.3 Å². The molecule has 5 nitrogen and oxygen atoms in total. The second-order valence-electron chi connectivity index (χ2n) is 6.57. The Kier molecular flexibility index (Phi) is 3.87. The van der Waals surface area contributed by atoms with Crippen molar-refractivity contribution in [2.75, 3.05) is 23.7 Å². The number of nitrogens with zero attached hydrogens (tertiary/aromatic N) is 3. The predicted octanol–water partition coefficient (Wildman–Crippen LogP) is 2.17. The first-order chi connectivity index (χ1) is 11.3. The van der Waals surface area contributed by atoms with Gasteiger partial charge in [-0.05, 0) is 30.9 Å². The Bertz CT molecular complexity index is 651. The first-order valence-electron chi connectivity index (χ1n) is 8.44. The minimum atomic E-state index is 0.541. The topological polar surface area (TPSA) is 67.1 Å². The number of hydrogen-bond acceptors (Lipinski definition) is 5. The van der Waals surface area contributed by atoms with Gasteiger partial charge in [-0.15, -0.1) is 0 Å². The molecule has 0 radical (unpaired) electrons. The number of anilines is 2. The van der Waals surface area contributed by atoms with Crippen molar-refractivity contribution in [3.8, 4) is 0 Å². The van der Waals surface area contributed by atoms with Crippen LogP contribution in [0.3, 0.4) is 0 Å². The molecule has 2 heterocycles. The Morgan fingerprint density at radius 1 is 1.09 bits per heavy atom. The lowest BCUT2D eigenvalue weighted by Gasteiger charge is -2.32. The highest BCUT2D eigenvalue weighted by Gasteiger charge is 2.39. The van der Waals surface area contributed by atoms with Crippen LogP contribution in [-0.2, 0) is 0 Å². The molecule has 1 aliphatic heterocycles. The summed E-state index contributed by atoms with van der Waals surface area (Å²) in [6.45, 7) is 1.98. The van der Waals surface area contributed by atoms with E-state index in [0.29, 0.717) is 23.8 Å². The molecule has 1 aromatic carbocycles. The number of benzene rings is 1. The van der Waals surface area contributed by atoms with Crippen molar-refractivity contribution in [2.24, 2.45) is 0 Å². The van der Waals surface area contributed by atoms with E-state index in [-0.39, 0.29) is 0 Å². The maximum atomic E-state index is 5.75. The number of nitrogen functional groups attached to an aromatic ring is 1. The highest BCUT2D eigenvalue weighted by molar-refractivity contribution is 5.38. The van der Waals surface area contributed by atoms with Crippen LogP contribution in [0.4, 0.5) is 11.8 Å². The summed E-state index contributed by atoms with van der Waals surface area (Å²) in [5.41, 5.74) is 7.22. The van der Waals surface area contributed by atoms with Gasteiger partial charge in [0.25, 0.3) is 0 Å². The fourth-order valence-corrected chi connectivity index (χ4v) is 3.51. The van der Waals surface area contributed by atoms with Crippen molar-refractivity contribution in [3.05, 3.63) is 48.2 Å². The smallest absolute Gasteiger partial charge is 0.227 e. The van der Waals surface area contributed by atoms with Crippen LogP contribution in [0, 0.1) is 0 Å². The standard InChI is InChI=1S/C18H23N5/c19-17-6-9-20-18(22-17)23-10-7-14(8-11-23)21-16-12-15(16)13-4-2-1-3-5-13/h1-6,9,14-16,21H,7-8,10-12H2,(H2,19,20,22)/t15?,16-/m1/s1. The third-order valence-corrected chi connectivity index (χ3v) is 4.91. The highest BCUT2D eigenvalue weighted by atomic mass is 15.3. The van der Waals surface area contributed by atoms with Gasteiger partial charge in [0, 0.05) is 37.3 Å². The molecular formula is C18H23N5. The van der Waals surface area contributed by atoms with E-state index >= 15 is 0 Å². The molecule has 120 valence electrons. The fraction of sp³-hybridized carbons (Fsp3) is 0.444. The lowest BCUT2D eigenvalue weighted by Crippen LogP contribution is -2.44. The Morgan fingerprint density at radius 3 is 2.61 bits per heavy atom. The van der Waals surface area contributed by atoms with Gasteiger partial charge >= 0.3 is 0 Å². The normalized spacial score (nSPS) is 24.6. The van der Waals surface area contributed by atoms with Crippen LogP contribution in [0.25, 0.3) is 0 Å². The zero-order valence-electron chi connectivity index (χ0n) is 13.2. The summed E-state index contributed by atoms with van der Waals surface area (Å²) < 4.78 is 0. The summed E-state index contributed by atoms with van der Waals surface area (Å²) in [4.78, 5) is 10.9. The minimum absolute atomic E-state index is 0.541. The van der Waals surface area contributed by atoms with Gasteiger partial charge in [0.05, 0.1) is 0 Å². The summed E-state index contributed by atoms with van der Waals surface area (Å²) in [6, 6.07) is 13.8. The molecule has 3 N–H and O–H groups in total. The molecule has 1 aromatic heterocycles. The van der Waals surface area contributed by atoms with E-state index in [9.17, 15) is 0 Å². The molecule has 0 amide bonds. The van der Waals surface area contributed by atoms with Crippen molar-refractivity contribution < 1.29 is 0 Å². The second-order valence-corrected chi connectivity index (χ2v) is 6.57. The molecule has 2 aliphatic rings. The number of hydrogen-bond donors (Lipinski definition) is 2. The van der Waals surface area contributed by atoms with E-state index in [1.807, 2.05) is 0 Å². The maximum Gasteiger partial charge on any atom is 0.227 e. The van der Waals surface area contributed by atoms with Crippen molar-refractivity contribution in [3.63, 3.8) is 0 Å². The molecule has 23 heavy (non-hydrogen) atoms. The Hall–Kier alpha value is -2.14. The molecule has 5 heteroatoms. The quantitative estimate of drug-likeness (QED) is 0.906. The molecule has 2 aromatic rings. The van der Waals surface area contributed by atoms with Gasteiger partial charge in [0.15, 0.2) is 0 Å². The second kappa shape index (κ2) is 6.16. The van der Waals surface area contributed by atoms with Gasteiger partial charge in [-0.25, -0.2) is 4.98 Å². The number of rotatable bonds is 4. The summed E-state index contributed by atoms with van der Waals surface area (Å²) in [7, 11) is 0. The van der Waals surface area contributed by atoms with E-state index in [1.165, 1.54) is 12.0 Å². The van der Waals surface area contributed by atoms with E-state index in [2.05, 4.69) is 50.5 Å². The first-order valence-corrected chi connectivity index (χ1v) is 8.44. The summed E-state index contributed by atoms with van der Waals surface area (Å²) in [5, 5.41) is 3.83. The third-order valence-electron chi connectivity index (χ3n) is 4.91. The molecule has 0 bridgehead atoms. The molecule has 2 fully saturated rings. The lowest BCUT2D eigenvalue weighted by molar-refractivity contribution is 0.407. The zero-order chi connectivity index (χ0) is 15.6. The van der Waals surface area contributed by atoms with Crippen molar-refractivity contribution in [1.82, 2.24) is 15.3 Å². The van der Waals surface area contributed by atoms with Crippen LogP contribution in [0.2, 0.25) is 0 Å². The first kappa shape index (κ1) is 14.5. The molecule has 1 aliphatic carbocycles. The minimum Gasteiger partial charge on any atom is -0.384 e. The molecule has 2 atom stereocenters. The summed E-state index contributed by atoms with van der Waals surface area (Å²) in [5.74, 6) is 2.00.